The predicted octanol–water partition coefficient (Wildman–Crippen LogP) is 2.24. The first kappa shape index (κ1) is 22.0. The molecule has 3 aromatic carbocycles. The lowest BCUT2D eigenvalue weighted by molar-refractivity contribution is -0.130. The van der Waals surface area contributed by atoms with Crippen molar-refractivity contribution in [1.82, 2.24) is 10.6 Å². The molecule has 31 heavy (non-hydrogen) atoms. The Hall–Kier alpha value is -3.74. The highest BCUT2D eigenvalue weighted by Gasteiger charge is 2.25. The van der Waals surface area contributed by atoms with E-state index in [1.54, 1.807) is 6.07 Å². The van der Waals surface area contributed by atoms with E-state index in [1.807, 2.05) is 42.5 Å². The molecule has 0 unspecified atom stereocenters. The second-order valence-corrected chi connectivity index (χ2v) is 7.44. The van der Waals surface area contributed by atoms with Crippen LogP contribution in [0.3, 0.4) is 0 Å². The van der Waals surface area contributed by atoms with Gasteiger partial charge in [0, 0.05) is 19.8 Å². The van der Waals surface area contributed by atoms with Gasteiger partial charge in [0.25, 0.3) is 0 Å². The fraction of sp³-hybridized carbons (Fsp3) is 0.208. The minimum atomic E-state index is -0.974. The first-order chi connectivity index (χ1) is 14.8. The summed E-state index contributed by atoms with van der Waals surface area (Å²) in [5.41, 5.74) is 6.91. The van der Waals surface area contributed by atoms with Gasteiger partial charge in [0.1, 0.15) is 17.9 Å². The number of rotatable bonds is 8. The largest absolute Gasteiger partial charge is 0.368 e. The summed E-state index contributed by atoms with van der Waals surface area (Å²) in [7, 11) is 0. The molecule has 0 aliphatic heterocycles. The minimum absolute atomic E-state index is 0.0740. The van der Waals surface area contributed by atoms with Crippen molar-refractivity contribution in [2.45, 2.75) is 31.8 Å². The van der Waals surface area contributed by atoms with Gasteiger partial charge in [-0.15, -0.1) is 0 Å². The molecule has 4 N–H and O–H groups in total. The number of halogens is 1. The average molecular weight is 421 g/mol. The number of nitrogens with two attached hydrogens (primary N) is 1. The zero-order valence-corrected chi connectivity index (χ0v) is 17.1. The summed E-state index contributed by atoms with van der Waals surface area (Å²) in [6.45, 7) is 1.28. The van der Waals surface area contributed by atoms with Gasteiger partial charge in [-0.25, -0.2) is 4.39 Å². The molecule has 0 aliphatic carbocycles. The van der Waals surface area contributed by atoms with Crippen LogP contribution in [-0.2, 0) is 27.2 Å². The van der Waals surface area contributed by atoms with Crippen LogP contribution < -0.4 is 16.4 Å². The monoisotopic (exact) mass is 421 g/mol. The second kappa shape index (κ2) is 9.84. The van der Waals surface area contributed by atoms with Crippen molar-refractivity contribution < 1.29 is 18.8 Å². The highest BCUT2D eigenvalue weighted by molar-refractivity contribution is 5.91. The van der Waals surface area contributed by atoms with E-state index in [-0.39, 0.29) is 12.8 Å². The van der Waals surface area contributed by atoms with Gasteiger partial charge in [-0.2, -0.15) is 0 Å². The lowest BCUT2D eigenvalue weighted by Crippen LogP contribution is -2.54. The number of nitrogens with one attached hydrogen (secondary N) is 2. The van der Waals surface area contributed by atoms with Crippen molar-refractivity contribution >= 4 is 28.5 Å². The Morgan fingerprint density at radius 1 is 0.839 bits per heavy atom. The summed E-state index contributed by atoms with van der Waals surface area (Å²) in [6.07, 6.45) is 0.281. The van der Waals surface area contributed by atoms with E-state index in [0.29, 0.717) is 5.56 Å². The number of benzene rings is 3. The number of carbonyl (C=O) groups excluding carboxylic acids is 3. The van der Waals surface area contributed by atoms with Gasteiger partial charge >= 0.3 is 0 Å². The van der Waals surface area contributed by atoms with Crippen LogP contribution in [0.25, 0.3) is 10.8 Å². The highest BCUT2D eigenvalue weighted by Crippen LogP contribution is 2.17. The quantitative estimate of drug-likeness (QED) is 0.520. The molecule has 0 heterocycles. The zero-order chi connectivity index (χ0) is 22.4. The van der Waals surface area contributed by atoms with Gasteiger partial charge in [0.05, 0.1) is 0 Å². The zero-order valence-electron chi connectivity index (χ0n) is 17.1. The molecule has 0 radical (unpaired) electrons. The molecule has 6 nitrogen and oxygen atoms in total. The molecule has 0 spiro atoms. The molecule has 3 aromatic rings. The Kier molecular flexibility index (Phi) is 6.97. The number of primary amides is 1. The molecule has 3 amide bonds. The van der Waals surface area contributed by atoms with Gasteiger partial charge in [-0.1, -0.05) is 54.6 Å². The van der Waals surface area contributed by atoms with E-state index in [4.69, 9.17) is 5.73 Å². The third-order valence-electron chi connectivity index (χ3n) is 4.94. The van der Waals surface area contributed by atoms with E-state index in [2.05, 4.69) is 10.6 Å². The number of fused-ring (bicyclic) bond motifs is 1. The fourth-order valence-electron chi connectivity index (χ4n) is 3.45. The van der Waals surface area contributed by atoms with Gasteiger partial charge in [0.15, 0.2) is 0 Å². The van der Waals surface area contributed by atoms with Crippen LogP contribution in [-0.4, -0.2) is 29.8 Å². The molecule has 2 atom stereocenters. The van der Waals surface area contributed by atoms with Crippen molar-refractivity contribution in [2.24, 2.45) is 5.73 Å². The smallest absolute Gasteiger partial charge is 0.243 e. The van der Waals surface area contributed by atoms with Crippen LogP contribution >= 0.6 is 0 Å². The number of hydrogen-bond acceptors (Lipinski definition) is 3. The Balaban J connectivity index is 1.75. The summed E-state index contributed by atoms with van der Waals surface area (Å²) in [6, 6.07) is 17.4. The van der Waals surface area contributed by atoms with Crippen LogP contribution in [0.1, 0.15) is 18.1 Å². The fourth-order valence-corrected chi connectivity index (χ4v) is 3.45. The minimum Gasteiger partial charge on any atom is -0.368 e. The normalized spacial score (nSPS) is 12.7. The molecule has 0 bridgehead atoms. The number of carbonyl (C=O) groups is 3. The van der Waals surface area contributed by atoms with Crippen LogP contribution in [0.15, 0.2) is 66.7 Å². The SMILES string of the molecule is CC(=O)N[C@@H](Cc1cccc(F)c1)C(=O)N[C@H](Cc1ccc2ccccc2c1)C(N)=O. The molecule has 0 aromatic heterocycles. The molecule has 0 fully saturated rings. The van der Waals surface area contributed by atoms with E-state index in [1.165, 1.54) is 25.1 Å². The highest BCUT2D eigenvalue weighted by atomic mass is 19.1. The number of amides is 3. The third kappa shape index (κ3) is 6.12. The van der Waals surface area contributed by atoms with Gasteiger partial charge in [-0.3, -0.25) is 14.4 Å². The Labute approximate surface area is 179 Å². The Morgan fingerprint density at radius 3 is 2.19 bits per heavy atom. The number of hydrogen-bond donors (Lipinski definition) is 3. The second-order valence-electron chi connectivity index (χ2n) is 7.44. The van der Waals surface area contributed by atoms with Crippen molar-refractivity contribution in [3.8, 4) is 0 Å². The van der Waals surface area contributed by atoms with E-state index in [0.717, 1.165) is 16.3 Å². The molecule has 7 heteroatoms. The first-order valence-corrected chi connectivity index (χ1v) is 9.91. The molecule has 160 valence electrons. The summed E-state index contributed by atoms with van der Waals surface area (Å²) in [4.78, 5) is 36.5. The summed E-state index contributed by atoms with van der Waals surface area (Å²) in [5.74, 6) is -2.11. The standard InChI is InChI=1S/C24H24FN3O3/c1-15(29)27-22(14-16-5-4-8-20(25)12-16)24(31)28-21(23(26)30)13-17-9-10-18-6-2-3-7-19(18)11-17/h2-12,21-22H,13-14H2,1H3,(H2,26,30)(H,27,29)(H,28,31)/t21-,22+/m1/s1. The molecule has 3 rings (SSSR count). The molecule has 0 saturated carbocycles. The maximum Gasteiger partial charge on any atom is 0.243 e. The van der Waals surface area contributed by atoms with Crippen molar-refractivity contribution in [3.63, 3.8) is 0 Å². The lowest BCUT2D eigenvalue weighted by Gasteiger charge is -2.22. The average Bonchev–Trinajstić information content (AvgIpc) is 2.72. The molecule has 0 aliphatic rings. The molecular formula is C24H24FN3O3. The summed E-state index contributed by atoms with van der Waals surface area (Å²) >= 11 is 0. The Bertz CT molecular complexity index is 1120. The lowest BCUT2D eigenvalue weighted by atomic mass is 10.00. The van der Waals surface area contributed by atoms with E-state index < -0.39 is 35.6 Å². The topological polar surface area (TPSA) is 101 Å². The Morgan fingerprint density at radius 2 is 1.52 bits per heavy atom. The first-order valence-electron chi connectivity index (χ1n) is 9.91. The van der Waals surface area contributed by atoms with Crippen molar-refractivity contribution in [3.05, 3.63) is 83.7 Å². The predicted molar refractivity (Wildman–Crippen MR) is 116 cm³/mol. The van der Waals surface area contributed by atoms with Crippen LogP contribution in [0.4, 0.5) is 4.39 Å². The summed E-state index contributed by atoms with van der Waals surface area (Å²) in [5, 5.41) is 7.26. The van der Waals surface area contributed by atoms with E-state index in [9.17, 15) is 18.8 Å². The van der Waals surface area contributed by atoms with Gasteiger partial charge < -0.3 is 16.4 Å². The van der Waals surface area contributed by atoms with E-state index >= 15 is 0 Å². The summed E-state index contributed by atoms with van der Waals surface area (Å²) < 4.78 is 13.5. The van der Waals surface area contributed by atoms with Crippen molar-refractivity contribution in [2.75, 3.05) is 0 Å². The van der Waals surface area contributed by atoms with Crippen molar-refractivity contribution in [1.29, 1.82) is 0 Å². The molecule has 0 saturated heterocycles. The van der Waals surface area contributed by atoms with Crippen LogP contribution in [0.5, 0.6) is 0 Å². The molecular weight excluding hydrogens is 397 g/mol. The van der Waals surface area contributed by atoms with Crippen LogP contribution in [0, 0.1) is 5.82 Å². The van der Waals surface area contributed by atoms with Gasteiger partial charge in [-0.05, 0) is 34.0 Å². The van der Waals surface area contributed by atoms with Gasteiger partial charge in [0.2, 0.25) is 17.7 Å². The third-order valence-corrected chi connectivity index (χ3v) is 4.94. The maximum absolute atomic E-state index is 13.5. The van der Waals surface area contributed by atoms with Crippen LogP contribution in [0.2, 0.25) is 0 Å². The maximum atomic E-state index is 13.5.